The van der Waals surface area contributed by atoms with Crippen molar-refractivity contribution in [1.82, 2.24) is 4.90 Å². The molecule has 1 fully saturated rings. The number of nitrogens with two attached hydrogens (primary N) is 1. The number of hydrogen-bond acceptors (Lipinski definition) is 3. The standard InChI is InChI=1S/C15H21FN2O2/c1-3-10-6-13(20-2)5-4-11(10)8-18-9-12(16)7-14(18)15(17)19/h4-6,12,14H,3,7-9H2,1-2H3,(H2,17,19)/t12-,14+/m1/s1. The Labute approximate surface area is 118 Å². The first kappa shape index (κ1) is 14.8. The fraction of sp³-hybridized carbons (Fsp3) is 0.533. The van der Waals surface area contributed by atoms with E-state index < -0.39 is 18.1 Å². The van der Waals surface area contributed by atoms with E-state index in [1.54, 1.807) is 7.11 Å². The summed E-state index contributed by atoms with van der Waals surface area (Å²) in [4.78, 5) is 13.2. The molecule has 0 bridgehead atoms. The number of nitrogens with zero attached hydrogens (tertiary/aromatic N) is 1. The van der Waals surface area contributed by atoms with Crippen molar-refractivity contribution in [3.05, 3.63) is 29.3 Å². The van der Waals surface area contributed by atoms with Gasteiger partial charge in [0.05, 0.1) is 13.2 Å². The van der Waals surface area contributed by atoms with Gasteiger partial charge in [-0.05, 0) is 29.7 Å². The van der Waals surface area contributed by atoms with Crippen molar-refractivity contribution in [3.63, 3.8) is 0 Å². The van der Waals surface area contributed by atoms with Crippen molar-refractivity contribution < 1.29 is 13.9 Å². The van der Waals surface area contributed by atoms with Gasteiger partial charge in [-0.2, -0.15) is 0 Å². The summed E-state index contributed by atoms with van der Waals surface area (Å²) in [6.07, 6.45) is 0.0870. The van der Waals surface area contributed by atoms with Gasteiger partial charge in [0, 0.05) is 19.5 Å². The number of hydrogen-bond donors (Lipinski definition) is 1. The first-order valence-corrected chi connectivity index (χ1v) is 6.88. The molecular formula is C15H21FN2O2. The SMILES string of the molecule is CCc1cc(OC)ccc1CN1C[C@H](F)C[C@H]1C(N)=O. The normalized spacial score (nSPS) is 22.9. The third kappa shape index (κ3) is 3.10. The van der Waals surface area contributed by atoms with E-state index in [0.29, 0.717) is 6.54 Å². The summed E-state index contributed by atoms with van der Waals surface area (Å²) in [6, 6.07) is 5.34. The highest BCUT2D eigenvalue weighted by atomic mass is 19.1. The van der Waals surface area contributed by atoms with E-state index in [-0.39, 0.29) is 13.0 Å². The fourth-order valence-corrected chi connectivity index (χ4v) is 2.75. The minimum Gasteiger partial charge on any atom is -0.497 e. The molecule has 2 N–H and O–H groups in total. The Morgan fingerprint density at radius 2 is 2.25 bits per heavy atom. The Kier molecular flexibility index (Phi) is 4.60. The third-order valence-corrected chi connectivity index (χ3v) is 3.85. The van der Waals surface area contributed by atoms with Crippen LogP contribution >= 0.6 is 0 Å². The minimum absolute atomic E-state index is 0.201. The van der Waals surface area contributed by atoms with Crippen LogP contribution in [0.1, 0.15) is 24.5 Å². The second kappa shape index (κ2) is 6.22. The highest BCUT2D eigenvalue weighted by molar-refractivity contribution is 5.80. The number of carbonyl (C=O) groups is 1. The van der Waals surface area contributed by atoms with Crippen LogP contribution in [-0.4, -0.2) is 36.7 Å². The average molecular weight is 280 g/mol. The van der Waals surface area contributed by atoms with Gasteiger partial charge in [-0.25, -0.2) is 4.39 Å². The molecule has 2 rings (SSSR count). The molecule has 0 radical (unpaired) electrons. The molecule has 1 aromatic rings. The van der Waals surface area contributed by atoms with Crippen LogP contribution in [0.3, 0.4) is 0 Å². The number of carbonyl (C=O) groups excluding carboxylic acids is 1. The molecule has 0 aliphatic carbocycles. The summed E-state index contributed by atoms with van der Waals surface area (Å²) in [5, 5.41) is 0. The predicted octanol–water partition coefficient (Wildman–Crippen LogP) is 1.66. The van der Waals surface area contributed by atoms with Crippen molar-refractivity contribution in [2.24, 2.45) is 5.73 Å². The van der Waals surface area contributed by atoms with Crippen LogP contribution in [0.15, 0.2) is 18.2 Å². The first-order valence-electron chi connectivity index (χ1n) is 6.88. The highest BCUT2D eigenvalue weighted by Gasteiger charge is 2.35. The number of aryl methyl sites for hydroxylation is 1. The molecule has 1 amide bonds. The van der Waals surface area contributed by atoms with Gasteiger partial charge in [-0.1, -0.05) is 13.0 Å². The number of benzene rings is 1. The Bertz CT molecular complexity index is 493. The largest absolute Gasteiger partial charge is 0.497 e. The molecule has 1 aliphatic heterocycles. The van der Waals surface area contributed by atoms with Crippen molar-refractivity contribution in [2.75, 3.05) is 13.7 Å². The summed E-state index contributed by atoms with van der Waals surface area (Å²) in [6.45, 7) is 2.87. The summed E-state index contributed by atoms with van der Waals surface area (Å²) in [7, 11) is 1.63. The van der Waals surface area contributed by atoms with Crippen LogP contribution in [0, 0.1) is 0 Å². The number of rotatable bonds is 5. The molecule has 4 nitrogen and oxygen atoms in total. The third-order valence-electron chi connectivity index (χ3n) is 3.85. The molecule has 0 saturated carbocycles. The van der Waals surface area contributed by atoms with E-state index in [4.69, 9.17) is 10.5 Å². The summed E-state index contributed by atoms with van der Waals surface area (Å²) < 4.78 is 18.7. The second-order valence-electron chi connectivity index (χ2n) is 5.17. The van der Waals surface area contributed by atoms with E-state index in [1.165, 1.54) is 0 Å². The molecule has 5 heteroatoms. The maximum atomic E-state index is 13.5. The molecule has 0 aromatic heterocycles. The smallest absolute Gasteiger partial charge is 0.234 e. The minimum atomic E-state index is -0.976. The molecule has 1 saturated heterocycles. The van der Waals surface area contributed by atoms with Gasteiger partial charge in [-0.15, -0.1) is 0 Å². The van der Waals surface area contributed by atoms with Crippen LogP contribution in [0.2, 0.25) is 0 Å². The Balaban J connectivity index is 2.18. The molecule has 1 aliphatic rings. The topological polar surface area (TPSA) is 55.6 Å². The summed E-state index contributed by atoms with van der Waals surface area (Å²) in [5.41, 5.74) is 7.59. The van der Waals surface area contributed by atoms with Crippen LogP contribution in [0.4, 0.5) is 4.39 Å². The number of amides is 1. The van der Waals surface area contributed by atoms with Crippen molar-refractivity contribution in [2.45, 2.75) is 38.5 Å². The van der Waals surface area contributed by atoms with E-state index in [1.807, 2.05) is 23.1 Å². The highest BCUT2D eigenvalue weighted by Crippen LogP contribution is 2.25. The zero-order valence-electron chi connectivity index (χ0n) is 11.9. The lowest BCUT2D eigenvalue weighted by Gasteiger charge is -2.23. The predicted molar refractivity (Wildman–Crippen MR) is 75.3 cm³/mol. The van der Waals surface area contributed by atoms with Gasteiger partial charge in [0.15, 0.2) is 0 Å². The number of halogens is 1. The summed E-state index contributed by atoms with van der Waals surface area (Å²) >= 11 is 0. The number of alkyl halides is 1. The first-order chi connectivity index (χ1) is 9.55. The van der Waals surface area contributed by atoms with Crippen molar-refractivity contribution in [3.8, 4) is 5.75 Å². The van der Waals surface area contributed by atoms with Crippen LogP contribution in [0.25, 0.3) is 0 Å². The van der Waals surface area contributed by atoms with Crippen molar-refractivity contribution in [1.29, 1.82) is 0 Å². The van der Waals surface area contributed by atoms with E-state index >= 15 is 0 Å². The molecule has 110 valence electrons. The van der Waals surface area contributed by atoms with Crippen LogP contribution < -0.4 is 10.5 Å². The van der Waals surface area contributed by atoms with E-state index in [0.717, 1.165) is 23.3 Å². The number of primary amides is 1. The Hall–Kier alpha value is -1.62. The van der Waals surface area contributed by atoms with E-state index in [9.17, 15) is 9.18 Å². The fourth-order valence-electron chi connectivity index (χ4n) is 2.75. The summed E-state index contributed by atoms with van der Waals surface area (Å²) in [5.74, 6) is 0.360. The lowest BCUT2D eigenvalue weighted by molar-refractivity contribution is -0.122. The van der Waals surface area contributed by atoms with Gasteiger partial charge >= 0.3 is 0 Å². The zero-order valence-corrected chi connectivity index (χ0v) is 11.9. The average Bonchev–Trinajstić information content (AvgIpc) is 2.80. The molecule has 1 heterocycles. The zero-order chi connectivity index (χ0) is 14.7. The van der Waals surface area contributed by atoms with Gasteiger partial charge in [0.1, 0.15) is 11.9 Å². The molecule has 1 aromatic carbocycles. The molecule has 0 spiro atoms. The van der Waals surface area contributed by atoms with Crippen LogP contribution in [-0.2, 0) is 17.8 Å². The number of methoxy groups -OCH3 is 1. The maximum Gasteiger partial charge on any atom is 0.234 e. The van der Waals surface area contributed by atoms with Gasteiger partial charge in [-0.3, -0.25) is 9.69 Å². The lowest BCUT2D eigenvalue weighted by atomic mass is 10.0. The number of likely N-dealkylation sites (tertiary alicyclic amines) is 1. The monoisotopic (exact) mass is 280 g/mol. The quantitative estimate of drug-likeness (QED) is 0.892. The van der Waals surface area contributed by atoms with Gasteiger partial charge in [0.2, 0.25) is 5.91 Å². The molecular weight excluding hydrogens is 259 g/mol. The molecule has 20 heavy (non-hydrogen) atoms. The van der Waals surface area contributed by atoms with Gasteiger partial charge in [0.25, 0.3) is 0 Å². The molecule has 0 unspecified atom stereocenters. The van der Waals surface area contributed by atoms with Crippen molar-refractivity contribution >= 4 is 5.91 Å². The van der Waals surface area contributed by atoms with E-state index in [2.05, 4.69) is 6.92 Å². The Morgan fingerprint density at radius 1 is 1.50 bits per heavy atom. The lowest BCUT2D eigenvalue weighted by Crippen LogP contribution is -2.39. The van der Waals surface area contributed by atoms with Crippen LogP contribution in [0.5, 0.6) is 5.75 Å². The second-order valence-corrected chi connectivity index (χ2v) is 5.17. The Morgan fingerprint density at radius 3 is 2.85 bits per heavy atom. The molecule has 2 atom stereocenters. The maximum absolute atomic E-state index is 13.5. The van der Waals surface area contributed by atoms with Gasteiger partial charge < -0.3 is 10.5 Å². The number of ether oxygens (including phenoxy) is 1.